The number of thiophene rings is 1. The Hall–Kier alpha value is -2.47. The van der Waals surface area contributed by atoms with Crippen LogP contribution in [-0.2, 0) is 16.1 Å². The van der Waals surface area contributed by atoms with Crippen molar-refractivity contribution >= 4 is 29.1 Å². The third-order valence-electron chi connectivity index (χ3n) is 4.61. The van der Waals surface area contributed by atoms with E-state index in [1.165, 1.54) is 4.90 Å². The minimum Gasteiger partial charge on any atom is -0.344 e. The van der Waals surface area contributed by atoms with Crippen molar-refractivity contribution in [2.75, 3.05) is 0 Å². The molecule has 142 valence electrons. The second-order valence-electron chi connectivity index (χ2n) is 7.24. The molecule has 1 atom stereocenters. The van der Waals surface area contributed by atoms with Crippen molar-refractivity contribution in [3.8, 4) is 0 Å². The number of likely N-dealkylation sites (tertiary alicyclic amines) is 1. The van der Waals surface area contributed by atoms with Crippen molar-refractivity contribution in [1.29, 1.82) is 0 Å². The van der Waals surface area contributed by atoms with E-state index in [2.05, 4.69) is 19.2 Å². The molecule has 0 radical (unpaired) electrons. The molecule has 1 saturated heterocycles. The lowest BCUT2D eigenvalue weighted by Gasteiger charge is -2.20. The number of rotatable bonds is 7. The van der Waals surface area contributed by atoms with E-state index >= 15 is 0 Å². The van der Waals surface area contributed by atoms with Gasteiger partial charge in [-0.05, 0) is 41.5 Å². The van der Waals surface area contributed by atoms with Gasteiger partial charge in [-0.25, -0.2) is 0 Å². The summed E-state index contributed by atoms with van der Waals surface area (Å²) in [4.78, 5) is 38.6. The summed E-state index contributed by atoms with van der Waals surface area (Å²) in [6.45, 7) is 4.55. The van der Waals surface area contributed by atoms with Gasteiger partial charge in [-0.15, -0.1) is 11.3 Å². The summed E-state index contributed by atoms with van der Waals surface area (Å²) in [6, 6.07) is 11.1. The maximum atomic E-state index is 12.7. The number of carbonyl (C=O) groups is 3. The number of imide groups is 1. The van der Waals surface area contributed by atoms with Crippen molar-refractivity contribution in [1.82, 2.24) is 10.2 Å². The molecule has 0 saturated carbocycles. The number of nitrogens with zero attached hydrogens (tertiary/aromatic N) is 1. The number of carbonyl (C=O) groups excluding carboxylic acids is 3. The Balaban J connectivity index is 1.66. The van der Waals surface area contributed by atoms with Gasteiger partial charge in [0.1, 0.15) is 0 Å². The SMILES string of the molecule is CC(C)CC(NC(=O)c1ccc(CN2C(=O)CCC2=O)cc1)c1cccs1. The minimum absolute atomic E-state index is 0.00276. The standard InChI is InChI=1S/C21H24N2O3S/c1-14(2)12-17(18-4-3-11-27-18)22-21(26)16-7-5-15(6-8-16)13-23-19(24)9-10-20(23)25/h3-8,11,14,17H,9-10,12-13H2,1-2H3,(H,22,26). The number of nitrogens with one attached hydrogen (secondary N) is 1. The summed E-state index contributed by atoms with van der Waals surface area (Å²) in [6.07, 6.45) is 1.46. The van der Waals surface area contributed by atoms with Crippen LogP contribution in [0.25, 0.3) is 0 Å². The lowest BCUT2D eigenvalue weighted by Crippen LogP contribution is -2.29. The van der Waals surface area contributed by atoms with Crippen LogP contribution in [0.4, 0.5) is 0 Å². The molecule has 0 bridgehead atoms. The van der Waals surface area contributed by atoms with Gasteiger partial charge in [0.2, 0.25) is 11.8 Å². The molecular weight excluding hydrogens is 360 g/mol. The fourth-order valence-electron chi connectivity index (χ4n) is 3.19. The Labute approximate surface area is 163 Å². The van der Waals surface area contributed by atoms with E-state index in [9.17, 15) is 14.4 Å². The third kappa shape index (κ3) is 4.83. The molecule has 0 aliphatic carbocycles. The highest BCUT2D eigenvalue weighted by molar-refractivity contribution is 7.10. The summed E-state index contributed by atoms with van der Waals surface area (Å²) in [5.41, 5.74) is 1.41. The molecule has 1 unspecified atom stereocenters. The zero-order valence-electron chi connectivity index (χ0n) is 15.6. The van der Waals surface area contributed by atoms with E-state index < -0.39 is 0 Å². The molecule has 3 amide bonds. The smallest absolute Gasteiger partial charge is 0.251 e. The number of hydrogen-bond donors (Lipinski definition) is 1. The maximum Gasteiger partial charge on any atom is 0.251 e. The number of amides is 3. The fraction of sp³-hybridized carbons (Fsp3) is 0.381. The molecule has 1 aliphatic heterocycles. The largest absolute Gasteiger partial charge is 0.344 e. The Morgan fingerprint density at radius 3 is 2.33 bits per heavy atom. The second-order valence-corrected chi connectivity index (χ2v) is 8.22. The fourth-order valence-corrected chi connectivity index (χ4v) is 3.98. The van der Waals surface area contributed by atoms with Gasteiger partial charge in [-0.3, -0.25) is 19.3 Å². The Morgan fingerprint density at radius 2 is 1.78 bits per heavy atom. The molecule has 6 heteroatoms. The van der Waals surface area contributed by atoms with Gasteiger partial charge in [0.15, 0.2) is 0 Å². The van der Waals surface area contributed by atoms with Crippen LogP contribution in [0.15, 0.2) is 41.8 Å². The van der Waals surface area contributed by atoms with Crippen molar-refractivity contribution in [3.05, 3.63) is 57.8 Å². The van der Waals surface area contributed by atoms with Gasteiger partial charge in [-0.2, -0.15) is 0 Å². The molecule has 3 rings (SSSR count). The van der Waals surface area contributed by atoms with Crippen molar-refractivity contribution in [3.63, 3.8) is 0 Å². The van der Waals surface area contributed by atoms with Gasteiger partial charge in [-0.1, -0.05) is 32.0 Å². The van der Waals surface area contributed by atoms with E-state index in [-0.39, 0.29) is 30.3 Å². The molecule has 1 aliphatic rings. The molecule has 27 heavy (non-hydrogen) atoms. The van der Waals surface area contributed by atoms with E-state index in [0.29, 0.717) is 24.3 Å². The predicted molar refractivity (Wildman–Crippen MR) is 105 cm³/mol. The zero-order valence-corrected chi connectivity index (χ0v) is 16.4. The molecule has 5 nitrogen and oxygen atoms in total. The van der Waals surface area contributed by atoms with Crippen LogP contribution in [0.5, 0.6) is 0 Å². The molecule has 2 heterocycles. The lowest BCUT2D eigenvalue weighted by atomic mass is 10.0. The van der Waals surface area contributed by atoms with Crippen molar-refractivity contribution in [2.45, 2.75) is 45.7 Å². The van der Waals surface area contributed by atoms with Gasteiger partial charge in [0, 0.05) is 23.3 Å². The first-order valence-electron chi connectivity index (χ1n) is 9.20. The minimum atomic E-state index is -0.130. The Kier molecular flexibility index (Phi) is 6.06. The topological polar surface area (TPSA) is 66.5 Å². The molecule has 0 spiro atoms. The highest BCUT2D eigenvalue weighted by Gasteiger charge is 2.28. The number of benzene rings is 1. The van der Waals surface area contributed by atoms with Gasteiger partial charge in [0.25, 0.3) is 5.91 Å². The maximum absolute atomic E-state index is 12.7. The summed E-state index contributed by atoms with van der Waals surface area (Å²) in [7, 11) is 0. The third-order valence-corrected chi connectivity index (χ3v) is 5.60. The second kappa shape index (κ2) is 8.48. The first-order chi connectivity index (χ1) is 12.9. The first-order valence-corrected chi connectivity index (χ1v) is 10.1. The Bertz CT molecular complexity index is 796. The molecule has 1 fully saturated rings. The van der Waals surface area contributed by atoms with Gasteiger partial charge in [0.05, 0.1) is 12.6 Å². The van der Waals surface area contributed by atoms with Crippen LogP contribution in [0.1, 0.15) is 60.0 Å². The van der Waals surface area contributed by atoms with Crippen molar-refractivity contribution in [2.24, 2.45) is 5.92 Å². The van der Waals surface area contributed by atoms with Crippen LogP contribution in [0.2, 0.25) is 0 Å². The summed E-state index contributed by atoms with van der Waals surface area (Å²) < 4.78 is 0. The number of hydrogen-bond acceptors (Lipinski definition) is 4. The predicted octanol–water partition coefficient (Wildman–Crippen LogP) is 3.91. The molecule has 2 aromatic rings. The summed E-state index contributed by atoms with van der Waals surface area (Å²) in [5, 5.41) is 5.14. The van der Waals surface area contributed by atoms with E-state index in [1.54, 1.807) is 35.6 Å². The molecular formula is C21H24N2O3S. The average Bonchev–Trinajstić information content (AvgIpc) is 3.27. The highest BCUT2D eigenvalue weighted by Crippen LogP contribution is 2.26. The van der Waals surface area contributed by atoms with Crippen LogP contribution in [0, 0.1) is 5.92 Å². The monoisotopic (exact) mass is 384 g/mol. The summed E-state index contributed by atoms with van der Waals surface area (Å²) in [5.74, 6) is 0.0906. The van der Waals surface area contributed by atoms with Crippen LogP contribution in [0.3, 0.4) is 0 Å². The summed E-state index contributed by atoms with van der Waals surface area (Å²) >= 11 is 1.65. The van der Waals surface area contributed by atoms with E-state index in [0.717, 1.165) is 16.9 Å². The highest BCUT2D eigenvalue weighted by atomic mass is 32.1. The van der Waals surface area contributed by atoms with E-state index in [4.69, 9.17) is 0 Å². The molecule has 1 aromatic carbocycles. The van der Waals surface area contributed by atoms with Gasteiger partial charge >= 0.3 is 0 Å². The zero-order chi connectivity index (χ0) is 19.4. The van der Waals surface area contributed by atoms with Crippen LogP contribution < -0.4 is 5.32 Å². The average molecular weight is 385 g/mol. The molecule has 1 N–H and O–H groups in total. The van der Waals surface area contributed by atoms with E-state index in [1.807, 2.05) is 17.5 Å². The van der Waals surface area contributed by atoms with Gasteiger partial charge < -0.3 is 5.32 Å². The normalized spacial score (nSPS) is 15.4. The molecule has 1 aromatic heterocycles. The van der Waals surface area contributed by atoms with Crippen molar-refractivity contribution < 1.29 is 14.4 Å². The first kappa shape index (κ1) is 19.3. The Morgan fingerprint density at radius 1 is 1.11 bits per heavy atom. The lowest BCUT2D eigenvalue weighted by molar-refractivity contribution is -0.139. The van der Waals surface area contributed by atoms with Crippen LogP contribution in [-0.4, -0.2) is 22.6 Å². The quantitative estimate of drug-likeness (QED) is 0.736. The van der Waals surface area contributed by atoms with Crippen LogP contribution >= 0.6 is 11.3 Å².